The van der Waals surface area contributed by atoms with Gasteiger partial charge < -0.3 is 15.1 Å². The van der Waals surface area contributed by atoms with Crippen LogP contribution in [-0.4, -0.2) is 53.8 Å². The molecule has 0 bridgehead atoms. The van der Waals surface area contributed by atoms with Gasteiger partial charge in [-0.2, -0.15) is 0 Å². The molecule has 2 atom stereocenters. The van der Waals surface area contributed by atoms with Gasteiger partial charge in [-0.05, 0) is 99.2 Å². The van der Waals surface area contributed by atoms with E-state index in [4.69, 9.17) is 0 Å². The summed E-state index contributed by atoms with van der Waals surface area (Å²) in [4.78, 5) is 29.3. The maximum Gasteiger partial charge on any atom is 0.242 e. The number of hydrogen-bond donors (Lipinski definition) is 1. The highest BCUT2D eigenvalue weighted by atomic mass is 19.1. The topological polar surface area (TPSA) is 52.7 Å². The maximum absolute atomic E-state index is 14.4. The molecule has 1 aliphatic carbocycles. The summed E-state index contributed by atoms with van der Waals surface area (Å²) >= 11 is 0. The van der Waals surface area contributed by atoms with Crippen molar-refractivity contribution in [2.45, 2.75) is 90.1 Å². The minimum Gasteiger partial charge on any atom is -0.348 e. The fourth-order valence-corrected chi connectivity index (χ4v) is 5.88. The van der Waals surface area contributed by atoms with E-state index in [0.29, 0.717) is 18.4 Å². The summed E-state index contributed by atoms with van der Waals surface area (Å²) in [6, 6.07) is 4.51. The van der Waals surface area contributed by atoms with Gasteiger partial charge in [0.05, 0.1) is 6.04 Å². The van der Waals surface area contributed by atoms with Gasteiger partial charge in [0.15, 0.2) is 0 Å². The third kappa shape index (κ3) is 5.26. The van der Waals surface area contributed by atoms with E-state index in [1.54, 1.807) is 11.0 Å². The molecule has 6 heteroatoms. The third-order valence-electron chi connectivity index (χ3n) is 8.14. The Labute approximate surface area is 199 Å². The molecule has 0 saturated carbocycles. The summed E-state index contributed by atoms with van der Waals surface area (Å²) in [5, 5.41) is 3.19. The molecule has 1 spiro atoms. The van der Waals surface area contributed by atoms with E-state index in [1.165, 1.54) is 12.5 Å². The average Bonchev–Trinajstić information content (AvgIpc) is 3.20. The van der Waals surface area contributed by atoms with Crippen molar-refractivity contribution < 1.29 is 15.4 Å². The van der Waals surface area contributed by atoms with Crippen molar-refractivity contribution in [3.05, 3.63) is 35.1 Å². The predicted molar refractivity (Wildman–Crippen MR) is 130 cm³/mol. The van der Waals surface area contributed by atoms with Crippen LogP contribution in [0.2, 0.25) is 0 Å². The quantitative estimate of drug-likeness (QED) is 0.688. The van der Waals surface area contributed by atoms with Gasteiger partial charge in [0.2, 0.25) is 11.8 Å². The summed E-state index contributed by atoms with van der Waals surface area (Å²) in [5.74, 6) is -0.259. The SMILES string of the molecule is C[C@H](C(=O)N[C@@H]1CCC2(CCN(CCC(C)(C)C)CC2)c2cc(F)ccc21)N1CCCC1=O.[HH]. The van der Waals surface area contributed by atoms with Crippen molar-refractivity contribution in [2.75, 3.05) is 26.2 Å². The zero-order valence-electron chi connectivity index (χ0n) is 20.8. The molecule has 184 valence electrons. The Kier molecular flexibility index (Phi) is 6.86. The molecule has 2 saturated heterocycles. The lowest BCUT2D eigenvalue weighted by Gasteiger charge is -2.47. The Hall–Kier alpha value is -1.95. The van der Waals surface area contributed by atoms with Crippen LogP contribution in [0.5, 0.6) is 0 Å². The zero-order chi connectivity index (χ0) is 23.8. The minimum atomic E-state index is -0.467. The van der Waals surface area contributed by atoms with Gasteiger partial charge >= 0.3 is 0 Å². The van der Waals surface area contributed by atoms with Gasteiger partial charge in [0.1, 0.15) is 11.9 Å². The van der Waals surface area contributed by atoms with Gasteiger partial charge in [-0.1, -0.05) is 26.8 Å². The highest BCUT2D eigenvalue weighted by molar-refractivity contribution is 5.88. The average molecular weight is 460 g/mol. The highest BCUT2D eigenvalue weighted by Gasteiger charge is 2.43. The largest absolute Gasteiger partial charge is 0.348 e. The van der Waals surface area contributed by atoms with Crippen molar-refractivity contribution in [3.63, 3.8) is 0 Å². The number of piperidine rings is 1. The third-order valence-corrected chi connectivity index (χ3v) is 8.14. The van der Waals surface area contributed by atoms with Crippen LogP contribution in [-0.2, 0) is 15.0 Å². The van der Waals surface area contributed by atoms with Crippen LogP contribution in [0.3, 0.4) is 0 Å². The zero-order valence-corrected chi connectivity index (χ0v) is 20.8. The first-order valence-electron chi connectivity index (χ1n) is 12.7. The molecule has 0 radical (unpaired) electrons. The summed E-state index contributed by atoms with van der Waals surface area (Å²) in [7, 11) is 0. The Bertz CT molecular complexity index is 892. The molecule has 1 aromatic rings. The number of amides is 2. The number of benzene rings is 1. The second-order valence-corrected chi connectivity index (χ2v) is 11.6. The molecule has 0 aromatic heterocycles. The predicted octanol–water partition coefficient (Wildman–Crippen LogP) is 4.80. The number of nitrogens with zero attached hydrogens (tertiary/aromatic N) is 2. The molecule has 4 rings (SSSR count). The van der Waals surface area contributed by atoms with Crippen molar-refractivity contribution in [1.82, 2.24) is 15.1 Å². The first kappa shape index (κ1) is 24.2. The van der Waals surface area contributed by atoms with Crippen molar-refractivity contribution in [1.29, 1.82) is 0 Å². The number of carbonyl (C=O) groups is 2. The maximum atomic E-state index is 14.4. The Balaban J connectivity index is 0.00000324. The van der Waals surface area contributed by atoms with Crippen LogP contribution in [0, 0.1) is 11.2 Å². The van der Waals surface area contributed by atoms with Crippen LogP contribution >= 0.6 is 0 Å². The van der Waals surface area contributed by atoms with Crippen LogP contribution < -0.4 is 5.32 Å². The number of likely N-dealkylation sites (tertiary alicyclic amines) is 2. The first-order chi connectivity index (χ1) is 15.6. The monoisotopic (exact) mass is 459 g/mol. The molecular weight excluding hydrogens is 417 g/mol. The first-order valence-corrected chi connectivity index (χ1v) is 12.7. The molecule has 5 nitrogen and oxygen atoms in total. The van der Waals surface area contributed by atoms with Crippen LogP contribution in [0.25, 0.3) is 0 Å². The standard InChI is InChI=1S/C27H40FN3O2.H2/c1-19(31-14-5-6-24(31)32)25(33)29-23-9-10-27(22-18-20(28)7-8-21(22)23)12-16-30(17-13-27)15-11-26(2,3)4;/h7-8,18-19,23H,5-6,9-17H2,1-4H3,(H,29,33);1H/t19-,23-;/m1./s1. The molecule has 3 aliphatic rings. The van der Waals surface area contributed by atoms with E-state index >= 15 is 0 Å². The normalized spacial score (nSPS) is 24.1. The molecule has 33 heavy (non-hydrogen) atoms. The number of rotatable bonds is 5. The van der Waals surface area contributed by atoms with Crippen molar-refractivity contribution in [3.8, 4) is 0 Å². The molecule has 2 aliphatic heterocycles. The lowest BCUT2D eigenvalue weighted by Crippen LogP contribution is -2.49. The summed E-state index contributed by atoms with van der Waals surface area (Å²) in [6.07, 6.45) is 6.40. The van der Waals surface area contributed by atoms with Crippen molar-refractivity contribution in [2.24, 2.45) is 5.41 Å². The molecule has 2 fully saturated rings. The fourth-order valence-electron chi connectivity index (χ4n) is 5.88. The summed E-state index contributed by atoms with van der Waals surface area (Å²) < 4.78 is 14.4. The molecule has 2 heterocycles. The van der Waals surface area contributed by atoms with Gasteiger partial charge in [-0.15, -0.1) is 0 Å². The van der Waals surface area contributed by atoms with E-state index in [-0.39, 0.29) is 30.5 Å². The number of fused-ring (bicyclic) bond motifs is 2. The van der Waals surface area contributed by atoms with Crippen LogP contribution in [0.1, 0.15) is 91.2 Å². The molecule has 0 unspecified atom stereocenters. The Morgan fingerprint density at radius 2 is 1.97 bits per heavy atom. The molecular formula is C27H42FN3O2. The van der Waals surface area contributed by atoms with E-state index in [1.807, 2.05) is 13.0 Å². The van der Waals surface area contributed by atoms with E-state index in [0.717, 1.165) is 62.9 Å². The Morgan fingerprint density at radius 1 is 1.24 bits per heavy atom. The molecule has 2 amide bonds. The second-order valence-electron chi connectivity index (χ2n) is 11.6. The van der Waals surface area contributed by atoms with Crippen molar-refractivity contribution >= 4 is 11.8 Å². The fraction of sp³-hybridized carbons (Fsp3) is 0.704. The second kappa shape index (κ2) is 9.36. The van der Waals surface area contributed by atoms with Crippen LogP contribution in [0.4, 0.5) is 4.39 Å². The van der Waals surface area contributed by atoms with Gasteiger partial charge in [0, 0.05) is 14.4 Å². The highest BCUT2D eigenvalue weighted by Crippen LogP contribution is 2.48. The number of nitrogens with one attached hydrogen (secondary N) is 1. The van der Waals surface area contributed by atoms with E-state index in [2.05, 4.69) is 31.0 Å². The lowest BCUT2D eigenvalue weighted by molar-refractivity contribution is -0.137. The number of hydrogen-bond acceptors (Lipinski definition) is 3. The number of carbonyl (C=O) groups excluding carboxylic acids is 2. The number of halogens is 1. The summed E-state index contributed by atoms with van der Waals surface area (Å²) in [6.45, 7) is 12.5. The smallest absolute Gasteiger partial charge is 0.242 e. The lowest BCUT2D eigenvalue weighted by atomic mass is 9.63. The molecule has 1 aromatic carbocycles. The van der Waals surface area contributed by atoms with E-state index in [9.17, 15) is 14.0 Å². The Morgan fingerprint density at radius 3 is 2.61 bits per heavy atom. The van der Waals surface area contributed by atoms with Gasteiger partial charge in [-0.25, -0.2) is 4.39 Å². The molecule has 1 N–H and O–H groups in total. The van der Waals surface area contributed by atoms with Crippen LogP contribution in [0.15, 0.2) is 18.2 Å². The summed E-state index contributed by atoms with van der Waals surface area (Å²) in [5.41, 5.74) is 2.46. The van der Waals surface area contributed by atoms with Gasteiger partial charge in [-0.3, -0.25) is 9.59 Å². The minimum absolute atomic E-state index is 0. The van der Waals surface area contributed by atoms with E-state index < -0.39 is 6.04 Å². The van der Waals surface area contributed by atoms with Gasteiger partial charge in [0.25, 0.3) is 0 Å².